The number of amides is 2. The minimum Gasteiger partial charge on any atom is -0.508 e. The zero-order valence-electron chi connectivity index (χ0n) is 20.8. The summed E-state index contributed by atoms with van der Waals surface area (Å²) in [6, 6.07) is 16.7. The molecule has 9 heteroatoms. The third kappa shape index (κ3) is 8.21. The predicted molar refractivity (Wildman–Crippen MR) is 144 cm³/mol. The molecule has 0 saturated heterocycles. The number of hydrogen-bond donors (Lipinski definition) is 6. The second-order valence-electron chi connectivity index (χ2n) is 9.48. The lowest BCUT2D eigenvalue weighted by atomic mass is 9.93. The molecule has 0 spiro atoms. The van der Waals surface area contributed by atoms with Crippen LogP contribution in [0.25, 0.3) is 0 Å². The van der Waals surface area contributed by atoms with E-state index >= 15 is 0 Å². The van der Waals surface area contributed by atoms with Gasteiger partial charge in [0.2, 0.25) is 6.41 Å². The Morgan fingerprint density at radius 3 is 2.57 bits per heavy atom. The number of β-amino-alcohol motifs (C(OH)–C–C–N with tert-alkyl or cyclic N) is 1. The van der Waals surface area contributed by atoms with E-state index in [9.17, 15) is 24.9 Å². The number of nitrogens with one attached hydrogen (secondary N) is 3. The number of benzene rings is 3. The lowest BCUT2D eigenvalue weighted by Gasteiger charge is -2.28. The maximum atomic E-state index is 12.7. The summed E-state index contributed by atoms with van der Waals surface area (Å²) in [7, 11) is 0. The second-order valence-corrected chi connectivity index (χ2v) is 9.91. The van der Waals surface area contributed by atoms with Gasteiger partial charge in [0, 0.05) is 29.2 Å². The molecule has 2 amide bonds. The van der Waals surface area contributed by atoms with Crippen molar-refractivity contribution < 1.29 is 24.9 Å². The SMILES string of the molecule is CC(C)(Cc1cccc(C(=O)NCCc2cc(Cl)ccc2O)c1)NCC(O)c1ccc(O)c(NC=O)c1. The van der Waals surface area contributed by atoms with Crippen molar-refractivity contribution in [2.24, 2.45) is 0 Å². The number of anilines is 1. The molecule has 196 valence electrons. The Bertz CT molecular complexity index is 1250. The van der Waals surface area contributed by atoms with Crippen LogP contribution in [0.2, 0.25) is 5.02 Å². The number of aromatic hydroxyl groups is 2. The number of phenolic OH excluding ortho intramolecular Hbond substituents is 2. The fourth-order valence-corrected chi connectivity index (χ4v) is 4.19. The molecule has 0 aliphatic rings. The zero-order valence-corrected chi connectivity index (χ0v) is 21.5. The van der Waals surface area contributed by atoms with Crippen LogP contribution < -0.4 is 16.0 Å². The Labute approximate surface area is 221 Å². The van der Waals surface area contributed by atoms with Gasteiger partial charge in [0.1, 0.15) is 11.5 Å². The Balaban J connectivity index is 1.55. The molecule has 1 unspecified atom stereocenters. The maximum absolute atomic E-state index is 12.7. The lowest BCUT2D eigenvalue weighted by Crippen LogP contribution is -2.43. The second kappa shape index (κ2) is 12.6. The van der Waals surface area contributed by atoms with E-state index in [0.29, 0.717) is 47.5 Å². The highest BCUT2D eigenvalue weighted by molar-refractivity contribution is 6.30. The number of carbonyl (C=O) groups is 2. The van der Waals surface area contributed by atoms with Gasteiger partial charge in [-0.15, -0.1) is 0 Å². The molecule has 3 rings (SSSR count). The monoisotopic (exact) mass is 525 g/mol. The Kier molecular flexibility index (Phi) is 9.52. The molecule has 3 aromatic carbocycles. The van der Waals surface area contributed by atoms with Crippen LogP contribution in [-0.2, 0) is 17.6 Å². The number of rotatable bonds is 12. The summed E-state index contributed by atoms with van der Waals surface area (Å²) in [5, 5.41) is 39.5. The Hall–Kier alpha value is -3.59. The summed E-state index contributed by atoms with van der Waals surface area (Å²) in [6.45, 7) is 4.60. The summed E-state index contributed by atoms with van der Waals surface area (Å²) in [5.41, 5.74) is 2.53. The number of phenols is 2. The largest absolute Gasteiger partial charge is 0.508 e. The van der Waals surface area contributed by atoms with Gasteiger partial charge in [-0.05, 0) is 85.8 Å². The first kappa shape index (κ1) is 28.0. The first-order chi connectivity index (χ1) is 17.6. The van der Waals surface area contributed by atoms with E-state index in [1.807, 2.05) is 32.0 Å². The number of aliphatic hydroxyl groups is 1. The van der Waals surface area contributed by atoms with E-state index in [-0.39, 0.29) is 29.6 Å². The van der Waals surface area contributed by atoms with Gasteiger partial charge in [0.25, 0.3) is 5.91 Å². The molecule has 0 heterocycles. The molecule has 0 aliphatic carbocycles. The van der Waals surface area contributed by atoms with Crippen molar-refractivity contribution in [3.8, 4) is 11.5 Å². The first-order valence-corrected chi connectivity index (χ1v) is 12.3. The molecule has 0 saturated carbocycles. The van der Waals surface area contributed by atoms with E-state index in [1.165, 1.54) is 18.2 Å². The van der Waals surface area contributed by atoms with Gasteiger partial charge >= 0.3 is 0 Å². The molecule has 0 aliphatic heterocycles. The van der Waals surface area contributed by atoms with Gasteiger partial charge < -0.3 is 31.3 Å². The van der Waals surface area contributed by atoms with E-state index in [0.717, 1.165) is 5.56 Å². The smallest absolute Gasteiger partial charge is 0.251 e. The number of aliphatic hydroxyl groups excluding tert-OH is 1. The summed E-state index contributed by atoms with van der Waals surface area (Å²) in [4.78, 5) is 23.4. The topological polar surface area (TPSA) is 131 Å². The van der Waals surface area contributed by atoms with Gasteiger partial charge in [-0.25, -0.2) is 0 Å². The van der Waals surface area contributed by atoms with E-state index in [1.54, 1.807) is 24.3 Å². The quantitative estimate of drug-likeness (QED) is 0.157. The van der Waals surface area contributed by atoms with Crippen molar-refractivity contribution in [2.45, 2.75) is 38.3 Å². The molecular weight excluding hydrogens is 494 g/mol. The summed E-state index contributed by atoms with van der Waals surface area (Å²) in [5.74, 6) is -0.150. The molecule has 0 aromatic heterocycles. The Morgan fingerprint density at radius 2 is 1.81 bits per heavy atom. The molecule has 0 bridgehead atoms. The zero-order chi connectivity index (χ0) is 27.0. The molecule has 3 aromatic rings. The number of carbonyl (C=O) groups excluding carboxylic acids is 2. The van der Waals surface area contributed by atoms with Gasteiger partial charge in [0.05, 0.1) is 11.8 Å². The summed E-state index contributed by atoms with van der Waals surface area (Å²) >= 11 is 5.98. The van der Waals surface area contributed by atoms with Gasteiger partial charge in [0.15, 0.2) is 0 Å². The van der Waals surface area contributed by atoms with Gasteiger partial charge in [-0.1, -0.05) is 29.8 Å². The molecule has 8 nitrogen and oxygen atoms in total. The fourth-order valence-electron chi connectivity index (χ4n) is 3.99. The lowest BCUT2D eigenvalue weighted by molar-refractivity contribution is -0.105. The third-order valence-electron chi connectivity index (χ3n) is 5.95. The van der Waals surface area contributed by atoms with Crippen LogP contribution in [0.5, 0.6) is 11.5 Å². The van der Waals surface area contributed by atoms with E-state index < -0.39 is 11.6 Å². The molecule has 6 N–H and O–H groups in total. The van der Waals surface area contributed by atoms with Gasteiger partial charge in [-0.3, -0.25) is 9.59 Å². The average Bonchev–Trinajstić information content (AvgIpc) is 2.86. The van der Waals surface area contributed by atoms with Crippen LogP contribution in [0, 0.1) is 0 Å². The fraction of sp³-hybridized carbons (Fsp3) is 0.286. The highest BCUT2D eigenvalue weighted by Gasteiger charge is 2.21. The Morgan fingerprint density at radius 1 is 1.05 bits per heavy atom. The standard InChI is InChI=1S/C28H32ClN3O5/c1-28(2,32-16-26(36)19-6-8-25(35)23(14-19)31-17-33)15-18-4-3-5-21(12-18)27(37)30-11-10-20-13-22(29)7-9-24(20)34/h3-9,12-14,17,26,32,34-36H,10-11,15-16H2,1-2H3,(H,30,37)(H,31,33). The van der Waals surface area contributed by atoms with Crippen molar-refractivity contribution in [3.05, 3.63) is 87.9 Å². The minimum atomic E-state index is -0.858. The molecule has 0 radical (unpaired) electrons. The van der Waals surface area contributed by atoms with E-state index in [2.05, 4.69) is 16.0 Å². The normalized spacial score (nSPS) is 12.1. The number of halogens is 1. The third-order valence-corrected chi connectivity index (χ3v) is 6.19. The molecule has 37 heavy (non-hydrogen) atoms. The van der Waals surface area contributed by atoms with Crippen LogP contribution in [0.1, 0.15) is 47.0 Å². The molecule has 0 fully saturated rings. The first-order valence-electron chi connectivity index (χ1n) is 11.9. The van der Waals surface area contributed by atoms with Crippen LogP contribution in [0.15, 0.2) is 60.7 Å². The number of hydrogen-bond acceptors (Lipinski definition) is 6. The van der Waals surface area contributed by atoms with Crippen LogP contribution in [0.3, 0.4) is 0 Å². The van der Waals surface area contributed by atoms with Crippen molar-refractivity contribution in [3.63, 3.8) is 0 Å². The minimum absolute atomic E-state index is 0.0807. The van der Waals surface area contributed by atoms with Crippen molar-refractivity contribution >= 4 is 29.6 Å². The maximum Gasteiger partial charge on any atom is 0.251 e. The highest BCUT2D eigenvalue weighted by Crippen LogP contribution is 2.27. The van der Waals surface area contributed by atoms with Crippen LogP contribution in [-0.4, -0.2) is 46.3 Å². The van der Waals surface area contributed by atoms with Crippen LogP contribution >= 0.6 is 11.6 Å². The van der Waals surface area contributed by atoms with Crippen LogP contribution in [0.4, 0.5) is 5.69 Å². The van der Waals surface area contributed by atoms with Crippen molar-refractivity contribution in [1.29, 1.82) is 0 Å². The summed E-state index contributed by atoms with van der Waals surface area (Å²) < 4.78 is 0. The molecular formula is C28H32ClN3O5. The molecule has 1 atom stereocenters. The van der Waals surface area contributed by atoms with Gasteiger partial charge in [-0.2, -0.15) is 0 Å². The summed E-state index contributed by atoms with van der Waals surface area (Å²) in [6.07, 6.45) is 0.656. The van der Waals surface area contributed by atoms with Crippen molar-refractivity contribution in [2.75, 3.05) is 18.4 Å². The van der Waals surface area contributed by atoms with E-state index in [4.69, 9.17) is 11.6 Å². The highest BCUT2D eigenvalue weighted by atomic mass is 35.5. The average molecular weight is 526 g/mol. The predicted octanol–water partition coefficient (Wildman–Crippen LogP) is 3.94. The van der Waals surface area contributed by atoms with Crippen molar-refractivity contribution in [1.82, 2.24) is 10.6 Å².